The van der Waals surface area contributed by atoms with Crippen molar-refractivity contribution < 1.29 is 4.39 Å². The first-order valence-corrected chi connectivity index (χ1v) is 7.85. The van der Waals surface area contributed by atoms with Crippen molar-refractivity contribution in [3.63, 3.8) is 0 Å². The lowest BCUT2D eigenvalue weighted by Gasteiger charge is -2.10. The number of benzene rings is 1. The Balaban J connectivity index is 2.75. The second-order valence-corrected chi connectivity index (χ2v) is 6.07. The number of hydrogen-bond donors (Lipinski definition) is 0. The fourth-order valence-electron chi connectivity index (χ4n) is 2.10. The van der Waals surface area contributed by atoms with Gasteiger partial charge in [0.2, 0.25) is 0 Å². The highest BCUT2D eigenvalue weighted by atomic mass is 31.0. The molecule has 116 valence electrons. The molecule has 0 saturated heterocycles. The highest BCUT2D eigenvalue weighted by Gasteiger charge is 2.05. The van der Waals surface area contributed by atoms with Crippen LogP contribution in [0.25, 0.3) is 0 Å². The van der Waals surface area contributed by atoms with E-state index in [2.05, 4.69) is 54.1 Å². The lowest BCUT2D eigenvalue weighted by molar-refractivity contribution is 0.639. The van der Waals surface area contributed by atoms with Crippen molar-refractivity contribution in [2.75, 3.05) is 0 Å². The van der Waals surface area contributed by atoms with Crippen LogP contribution in [0.3, 0.4) is 0 Å². The lowest BCUT2D eigenvalue weighted by Crippen LogP contribution is -1.99. The summed E-state index contributed by atoms with van der Waals surface area (Å²) >= 11 is 0. The Morgan fingerprint density at radius 3 is 2.45 bits per heavy atom. The van der Waals surface area contributed by atoms with Gasteiger partial charge in [-0.15, -0.1) is 8.86 Å². The van der Waals surface area contributed by atoms with Gasteiger partial charge in [-0.3, -0.25) is 0 Å². The second-order valence-electron chi connectivity index (χ2n) is 5.47. The van der Waals surface area contributed by atoms with Gasteiger partial charge in [0.1, 0.15) is 0 Å². The Bertz CT molecular complexity index is 644. The third kappa shape index (κ3) is 5.58. The van der Waals surface area contributed by atoms with Crippen LogP contribution >= 0.6 is 8.86 Å². The molecule has 0 amide bonds. The average molecular weight is 314 g/mol. The molecule has 0 aliphatic carbocycles. The zero-order valence-electron chi connectivity index (χ0n) is 13.7. The second kappa shape index (κ2) is 8.66. The Morgan fingerprint density at radius 2 is 1.91 bits per heavy atom. The lowest BCUT2D eigenvalue weighted by atomic mass is 9.97. The maximum atomic E-state index is 13.1. The molecular formula is C20H24FP. The van der Waals surface area contributed by atoms with Gasteiger partial charge in [-0.1, -0.05) is 43.5 Å². The van der Waals surface area contributed by atoms with E-state index >= 15 is 0 Å². The summed E-state index contributed by atoms with van der Waals surface area (Å²) in [7, 11) is 3.71. The molecule has 1 aromatic carbocycles. The minimum Gasteiger partial charge on any atom is -0.212 e. The molecule has 0 spiro atoms. The summed E-state index contributed by atoms with van der Waals surface area (Å²) in [5.74, 6) is -0.231. The molecule has 0 bridgehead atoms. The quantitative estimate of drug-likeness (QED) is 0.410. The SMILES string of the molecule is C=C/C=C(\C=C(/C)F)C(=C)CCC(=P)c1ccc(C)c(C)c1. The fraction of sp³-hybridized carbons (Fsp3) is 0.250. The Labute approximate surface area is 136 Å². The van der Waals surface area contributed by atoms with Crippen molar-refractivity contribution in [1.82, 2.24) is 0 Å². The molecular weight excluding hydrogens is 290 g/mol. The maximum Gasteiger partial charge on any atom is 0.0974 e. The average Bonchev–Trinajstić information content (AvgIpc) is 2.46. The van der Waals surface area contributed by atoms with Crippen molar-refractivity contribution in [1.29, 1.82) is 0 Å². The summed E-state index contributed by atoms with van der Waals surface area (Å²) in [5, 5.41) is 1.13. The van der Waals surface area contributed by atoms with Gasteiger partial charge in [0.05, 0.1) is 5.83 Å². The molecule has 0 aromatic heterocycles. The van der Waals surface area contributed by atoms with Gasteiger partial charge < -0.3 is 0 Å². The first-order valence-electron chi connectivity index (χ1n) is 7.35. The molecule has 0 saturated carbocycles. The van der Waals surface area contributed by atoms with Gasteiger partial charge in [0.15, 0.2) is 0 Å². The molecule has 0 heterocycles. The normalized spacial score (nSPS) is 12.2. The molecule has 2 heteroatoms. The Hall–Kier alpha value is -1.72. The van der Waals surface area contributed by atoms with Crippen molar-refractivity contribution in [3.05, 3.63) is 83.2 Å². The monoisotopic (exact) mass is 314 g/mol. The van der Waals surface area contributed by atoms with Crippen LogP contribution in [0.1, 0.15) is 36.5 Å². The molecule has 0 aliphatic heterocycles. The number of halogens is 1. The molecule has 22 heavy (non-hydrogen) atoms. The highest BCUT2D eigenvalue weighted by molar-refractivity contribution is 7.22. The van der Waals surface area contributed by atoms with Crippen LogP contribution in [-0.2, 0) is 0 Å². The third-order valence-corrected chi connectivity index (χ3v) is 4.13. The van der Waals surface area contributed by atoms with Gasteiger partial charge in [-0.2, -0.15) is 0 Å². The minimum absolute atomic E-state index is 0.231. The predicted molar refractivity (Wildman–Crippen MR) is 99.9 cm³/mol. The van der Waals surface area contributed by atoms with Gasteiger partial charge in [0, 0.05) is 0 Å². The van der Waals surface area contributed by atoms with Gasteiger partial charge >= 0.3 is 0 Å². The van der Waals surface area contributed by atoms with Crippen molar-refractivity contribution in [2.45, 2.75) is 33.6 Å². The molecule has 0 aliphatic rings. The standard InChI is InChI=1S/C20H24FP/c1-6-7-18(13-17(5)21)15(3)9-11-20(22)19-10-8-14(2)16(4)12-19/h6-8,10,12-13,22H,1,3,9,11H2,2,4-5H3/b17-13+,18-7+. The van der Waals surface area contributed by atoms with Crippen LogP contribution < -0.4 is 0 Å². The number of allylic oxidation sites excluding steroid dienone is 6. The number of aryl methyl sites for hydroxylation is 2. The molecule has 0 fully saturated rings. The predicted octanol–water partition coefficient (Wildman–Crippen LogP) is 6.29. The van der Waals surface area contributed by atoms with Gasteiger partial charge in [-0.05, 0) is 72.8 Å². The van der Waals surface area contributed by atoms with E-state index in [0.29, 0.717) is 0 Å². The summed E-state index contributed by atoms with van der Waals surface area (Å²) in [6.45, 7) is 13.4. The topological polar surface area (TPSA) is 0 Å². The van der Waals surface area contributed by atoms with Crippen LogP contribution in [0.15, 0.2) is 66.6 Å². The number of rotatable bonds is 7. The van der Waals surface area contributed by atoms with Crippen molar-refractivity contribution >= 4 is 14.2 Å². The van der Waals surface area contributed by atoms with Gasteiger partial charge in [-0.25, -0.2) is 4.39 Å². The van der Waals surface area contributed by atoms with E-state index in [9.17, 15) is 4.39 Å². The number of hydrogen-bond acceptors (Lipinski definition) is 0. The zero-order valence-corrected chi connectivity index (χ0v) is 14.7. The maximum absolute atomic E-state index is 13.1. The molecule has 1 rings (SSSR count). The third-order valence-electron chi connectivity index (χ3n) is 3.59. The zero-order chi connectivity index (χ0) is 16.7. The van der Waals surface area contributed by atoms with Gasteiger partial charge in [0.25, 0.3) is 0 Å². The molecule has 0 radical (unpaired) electrons. The fourth-order valence-corrected chi connectivity index (χ4v) is 2.38. The first kappa shape index (κ1) is 18.3. The summed E-state index contributed by atoms with van der Waals surface area (Å²) in [4.78, 5) is 0. The smallest absolute Gasteiger partial charge is 0.0974 e. The molecule has 0 atom stereocenters. The van der Waals surface area contributed by atoms with Crippen LogP contribution in [-0.4, -0.2) is 5.29 Å². The molecule has 0 nitrogen and oxygen atoms in total. The van der Waals surface area contributed by atoms with E-state index in [1.54, 1.807) is 12.2 Å². The Kier molecular flexibility index (Phi) is 7.21. The van der Waals surface area contributed by atoms with Crippen LogP contribution in [0.2, 0.25) is 0 Å². The first-order chi connectivity index (χ1) is 10.3. The molecule has 1 aromatic rings. The van der Waals surface area contributed by atoms with Crippen LogP contribution in [0, 0.1) is 13.8 Å². The Morgan fingerprint density at radius 1 is 1.23 bits per heavy atom. The van der Waals surface area contributed by atoms with E-state index in [0.717, 1.165) is 29.3 Å². The molecule has 0 N–H and O–H groups in total. The summed E-state index contributed by atoms with van der Waals surface area (Å²) in [6, 6.07) is 6.41. The van der Waals surface area contributed by atoms with Crippen LogP contribution in [0.5, 0.6) is 0 Å². The molecule has 0 unspecified atom stereocenters. The van der Waals surface area contributed by atoms with E-state index in [-0.39, 0.29) is 5.83 Å². The van der Waals surface area contributed by atoms with E-state index in [1.807, 2.05) is 0 Å². The highest BCUT2D eigenvalue weighted by Crippen LogP contribution is 2.21. The summed E-state index contributed by atoms with van der Waals surface area (Å²) in [5.41, 5.74) is 5.42. The van der Waals surface area contributed by atoms with E-state index in [1.165, 1.54) is 29.7 Å². The summed E-state index contributed by atoms with van der Waals surface area (Å²) in [6.07, 6.45) is 6.52. The minimum atomic E-state index is -0.231. The van der Waals surface area contributed by atoms with Crippen LogP contribution in [0.4, 0.5) is 4.39 Å². The van der Waals surface area contributed by atoms with E-state index < -0.39 is 0 Å². The van der Waals surface area contributed by atoms with E-state index in [4.69, 9.17) is 0 Å². The largest absolute Gasteiger partial charge is 0.212 e. The van der Waals surface area contributed by atoms with Crippen molar-refractivity contribution in [2.24, 2.45) is 0 Å². The summed E-state index contributed by atoms with van der Waals surface area (Å²) < 4.78 is 13.1. The van der Waals surface area contributed by atoms with Crippen molar-refractivity contribution in [3.8, 4) is 0 Å².